The van der Waals surface area contributed by atoms with Crippen molar-refractivity contribution in [1.29, 1.82) is 0 Å². The minimum absolute atomic E-state index is 0.305. The van der Waals surface area contributed by atoms with Gasteiger partial charge in [0.05, 0.1) is 4.90 Å². The number of anilines is 1. The van der Waals surface area contributed by atoms with Gasteiger partial charge in [0.25, 0.3) is 0 Å². The van der Waals surface area contributed by atoms with Crippen LogP contribution in [-0.2, 0) is 16.3 Å². The topological polar surface area (TPSA) is 102 Å². The van der Waals surface area contributed by atoms with Crippen molar-refractivity contribution in [2.45, 2.75) is 11.3 Å². The number of nitrogens with zero attached hydrogens (tertiary/aromatic N) is 2. The number of aromatic nitrogens is 3. The number of nitrogen functional groups attached to an aromatic ring is 1. The van der Waals surface area contributed by atoms with Crippen LogP contribution in [0, 0.1) is 0 Å². The van der Waals surface area contributed by atoms with E-state index in [1.807, 2.05) is 18.2 Å². The number of benzene rings is 2. The highest BCUT2D eigenvalue weighted by Crippen LogP contribution is 2.18. The van der Waals surface area contributed by atoms with Gasteiger partial charge in [0.2, 0.25) is 0 Å². The molecule has 0 aliphatic carbocycles. The number of nitrogens with two attached hydrogens (primary N) is 1. The Hall–Kier alpha value is -2.67. The number of rotatable bonds is 4. The molecule has 3 rings (SSSR count). The van der Waals surface area contributed by atoms with Crippen molar-refractivity contribution < 1.29 is 8.42 Å². The molecule has 0 atom stereocenters. The lowest BCUT2D eigenvalue weighted by molar-refractivity contribution is 0.602. The lowest BCUT2D eigenvalue weighted by atomic mass is 10.1. The molecule has 6 nitrogen and oxygen atoms in total. The van der Waals surface area contributed by atoms with Crippen LogP contribution < -0.4 is 5.73 Å². The van der Waals surface area contributed by atoms with Crippen LogP contribution in [0.25, 0.3) is 11.4 Å². The molecule has 0 unspecified atom stereocenters. The third-order valence-corrected chi connectivity index (χ3v) is 4.53. The standard InChI is InChI=1S/C16H16N4O2S/c1-23(21,22)14-7-5-11(6-8-14)9-15-18-16(20-19-15)12-3-2-4-13(17)10-12/h2-8,10H,9,17H2,1H3,(H,18,19,20). The van der Waals surface area contributed by atoms with E-state index < -0.39 is 9.84 Å². The smallest absolute Gasteiger partial charge is 0.181 e. The summed E-state index contributed by atoms with van der Waals surface area (Å²) >= 11 is 0. The molecule has 0 saturated heterocycles. The number of H-pyrrole nitrogens is 1. The van der Waals surface area contributed by atoms with Crippen LogP contribution in [0.1, 0.15) is 11.4 Å². The number of sulfone groups is 1. The van der Waals surface area contributed by atoms with Crippen LogP contribution in [0.3, 0.4) is 0 Å². The third-order valence-electron chi connectivity index (χ3n) is 3.40. The van der Waals surface area contributed by atoms with E-state index in [2.05, 4.69) is 15.2 Å². The second-order valence-electron chi connectivity index (χ2n) is 5.32. The van der Waals surface area contributed by atoms with Crippen molar-refractivity contribution in [2.24, 2.45) is 0 Å². The largest absolute Gasteiger partial charge is 0.399 e. The van der Waals surface area contributed by atoms with Crippen LogP contribution in [0.4, 0.5) is 5.69 Å². The molecule has 2 aromatic carbocycles. The van der Waals surface area contributed by atoms with Gasteiger partial charge in [-0.3, -0.25) is 5.10 Å². The molecule has 7 heteroatoms. The summed E-state index contributed by atoms with van der Waals surface area (Å²) in [5, 5.41) is 7.09. The second-order valence-corrected chi connectivity index (χ2v) is 7.34. The average Bonchev–Trinajstić information content (AvgIpc) is 2.95. The Kier molecular flexibility index (Phi) is 3.87. The van der Waals surface area contributed by atoms with Gasteiger partial charge < -0.3 is 5.73 Å². The summed E-state index contributed by atoms with van der Waals surface area (Å²) < 4.78 is 22.9. The summed E-state index contributed by atoms with van der Waals surface area (Å²) in [6.07, 6.45) is 1.73. The lowest BCUT2D eigenvalue weighted by Crippen LogP contribution is -1.97. The van der Waals surface area contributed by atoms with Gasteiger partial charge in [-0.2, -0.15) is 5.10 Å². The van der Waals surface area contributed by atoms with Crippen LogP contribution >= 0.6 is 0 Å². The molecule has 0 radical (unpaired) electrons. The summed E-state index contributed by atoms with van der Waals surface area (Å²) in [6, 6.07) is 14.1. The van der Waals surface area contributed by atoms with Gasteiger partial charge in [-0.25, -0.2) is 13.4 Å². The molecule has 1 aromatic heterocycles. The fourth-order valence-electron chi connectivity index (χ4n) is 2.23. The minimum atomic E-state index is -3.18. The molecular weight excluding hydrogens is 312 g/mol. The van der Waals surface area contributed by atoms with Gasteiger partial charge in [-0.1, -0.05) is 24.3 Å². The molecule has 3 N–H and O–H groups in total. The van der Waals surface area contributed by atoms with Crippen LogP contribution in [0.2, 0.25) is 0 Å². The molecule has 0 fully saturated rings. The first kappa shape index (κ1) is 15.2. The molecule has 0 aliphatic heterocycles. The molecule has 0 bridgehead atoms. The first-order valence-corrected chi connectivity index (χ1v) is 8.87. The molecule has 0 aliphatic rings. The van der Waals surface area contributed by atoms with Crippen LogP contribution in [-0.4, -0.2) is 29.9 Å². The molecule has 0 saturated carbocycles. The first-order chi connectivity index (χ1) is 10.9. The zero-order valence-corrected chi connectivity index (χ0v) is 13.3. The average molecular weight is 328 g/mol. The Bertz CT molecular complexity index is 931. The van der Waals surface area contributed by atoms with Crippen molar-refractivity contribution in [2.75, 3.05) is 12.0 Å². The van der Waals surface area contributed by atoms with Gasteiger partial charge in [-0.15, -0.1) is 0 Å². The Morgan fingerprint density at radius 1 is 1.13 bits per heavy atom. The predicted octanol–water partition coefficient (Wildman–Crippen LogP) is 2.05. The summed E-state index contributed by atoms with van der Waals surface area (Å²) in [5.41, 5.74) is 8.22. The maximum atomic E-state index is 11.5. The fourth-order valence-corrected chi connectivity index (χ4v) is 2.86. The minimum Gasteiger partial charge on any atom is -0.399 e. The van der Waals surface area contributed by atoms with E-state index in [0.717, 1.165) is 11.1 Å². The third kappa shape index (κ3) is 3.57. The zero-order chi connectivity index (χ0) is 16.4. The lowest BCUT2D eigenvalue weighted by Gasteiger charge is -2.01. The highest BCUT2D eigenvalue weighted by Gasteiger charge is 2.09. The summed E-state index contributed by atoms with van der Waals surface area (Å²) in [4.78, 5) is 4.75. The van der Waals surface area contributed by atoms with Gasteiger partial charge in [0.15, 0.2) is 15.7 Å². The fraction of sp³-hybridized carbons (Fsp3) is 0.125. The van der Waals surface area contributed by atoms with Gasteiger partial charge >= 0.3 is 0 Å². The van der Waals surface area contributed by atoms with E-state index in [1.54, 1.807) is 30.3 Å². The van der Waals surface area contributed by atoms with Crippen molar-refractivity contribution in [3.8, 4) is 11.4 Å². The van der Waals surface area contributed by atoms with Gasteiger partial charge in [-0.05, 0) is 29.8 Å². The number of hydrogen-bond acceptors (Lipinski definition) is 5. The highest BCUT2D eigenvalue weighted by atomic mass is 32.2. The van der Waals surface area contributed by atoms with E-state index in [4.69, 9.17) is 5.73 Å². The van der Waals surface area contributed by atoms with E-state index in [0.29, 0.717) is 28.7 Å². The Morgan fingerprint density at radius 2 is 1.87 bits per heavy atom. The Balaban J connectivity index is 1.79. The predicted molar refractivity (Wildman–Crippen MR) is 88.6 cm³/mol. The summed E-state index contributed by atoms with van der Waals surface area (Å²) in [5.74, 6) is 1.29. The monoisotopic (exact) mass is 328 g/mol. The quantitative estimate of drug-likeness (QED) is 0.714. The summed E-state index contributed by atoms with van der Waals surface area (Å²) in [7, 11) is -3.18. The second kappa shape index (κ2) is 5.85. The molecule has 0 spiro atoms. The van der Waals surface area contributed by atoms with Gasteiger partial charge in [0.1, 0.15) is 5.82 Å². The molecule has 1 heterocycles. The number of aromatic amines is 1. The maximum Gasteiger partial charge on any atom is 0.181 e. The van der Waals surface area contributed by atoms with E-state index in [-0.39, 0.29) is 0 Å². The molecule has 23 heavy (non-hydrogen) atoms. The van der Waals surface area contributed by atoms with Gasteiger partial charge in [0, 0.05) is 23.9 Å². The van der Waals surface area contributed by atoms with E-state index >= 15 is 0 Å². The van der Waals surface area contributed by atoms with E-state index in [1.165, 1.54) is 6.26 Å². The van der Waals surface area contributed by atoms with Crippen molar-refractivity contribution in [3.05, 3.63) is 59.9 Å². The van der Waals surface area contributed by atoms with Crippen molar-refractivity contribution in [1.82, 2.24) is 15.2 Å². The maximum absolute atomic E-state index is 11.5. The normalized spacial score (nSPS) is 11.5. The SMILES string of the molecule is CS(=O)(=O)c1ccc(Cc2nc(-c3cccc(N)c3)n[nH]2)cc1. The molecule has 0 amide bonds. The molecular formula is C16H16N4O2S. The summed E-state index contributed by atoms with van der Waals surface area (Å²) in [6.45, 7) is 0. The van der Waals surface area contributed by atoms with Crippen molar-refractivity contribution >= 4 is 15.5 Å². The molecule has 3 aromatic rings. The Morgan fingerprint density at radius 3 is 2.52 bits per heavy atom. The first-order valence-electron chi connectivity index (χ1n) is 6.98. The highest BCUT2D eigenvalue weighted by molar-refractivity contribution is 7.90. The van der Waals surface area contributed by atoms with E-state index in [9.17, 15) is 8.42 Å². The number of nitrogens with one attached hydrogen (secondary N) is 1. The van der Waals surface area contributed by atoms with Crippen molar-refractivity contribution in [3.63, 3.8) is 0 Å². The van der Waals surface area contributed by atoms with Crippen LogP contribution in [0.15, 0.2) is 53.4 Å². The zero-order valence-electron chi connectivity index (χ0n) is 12.5. The molecule has 118 valence electrons. The van der Waals surface area contributed by atoms with Crippen LogP contribution in [0.5, 0.6) is 0 Å². The Labute approximate surface area is 134 Å². The number of hydrogen-bond donors (Lipinski definition) is 2.